The van der Waals surface area contributed by atoms with Crippen LogP contribution in [0.25, 0.3) is 11.3 Å². The van der Waals surface area contributed by atoms with Crippen molar-refractivity contribution in [2.24, 2.45) is 0 Å². The molecule has 0 aliphatic rings. The Hall–Kier alpha value is -4.15. The topological polar surface area (TPSA) is 118 Å². The van der Waals surface area contributed by atoms with Gasteiger partial charge in [-0.2, -0.15) is 0 Å². The molecule has 0 aliphatic heterocycles. The zero-order valence-electron chi connectivity index (χ0n) is 19.9. The predicted molar refractivity (Wildman–Crippen MR) is 146 cm³/mol. The van der Waals surface area contributed by atoms with Crippen LogP contribution in [0.3, 0.4) is 0 Å². The first kappa shape index (κ1) is 25.9. The van der Waals surface area contributed by atoms with Gasteiger partial charge in [-0.1, -0.05) is 30.3 Å². The summed E-state index contributed by atoms with van der Waals surface area (Å²) in [6.45, 7) is 1.78. The molecule has 3 aromatic carbocycles. The first-order valence-electron chi connectivity index (χ1n) is 11.2. The van der Waals surface area contributed by atoms with Crippen LogP contribution in [0.5, 0.6) is 5.75 Å². The lowest BCUT2D eigenvalue weighted by molar-refractivity contribution is -0.115. The fraction of sp³-hybridized carbons (Fsp3) is 0.111. The maximum absolute atomic E-state index is 12.8. The monoisotopic (exact) mass is 533 g/mol. The van der Waals surface area contributed by atoms with Gasteiger partial charge in [-0.05, 0) is 49.4 Å². The molecule has 0 spiro atoms. The summed E-state index contributed by atoms with van der Waals surface area (Å²) in [5.41, 5.74) is 2.12. The minimum Gasteiger partial charge on any atom is -0.497 e. The molecule has 2 amide bonds. The van der Waals surface area contributed by atoms with Gasteiger partial charge < -0.3 is 20.5 Å². The van der Waals surface area contributed by atoms with Crippen LogP contribution in [-0.2, 0) is 4.79 Å². The van der Waals surface area contributed by atoms with Crippen molar-refractivity contribution >= 4 is 51.7 Å². The lowest BCUT2D eigenvalue weighted by Gasteiger charge is -2.12. The molecule has 1 heterocycles. The number of amides is 2. The molecule has 0 fully saturated rings. The number of benzene rings is 3. The average Bonchev–Trinajstić information content (AvgIpc) is 3.37. The number of thiazole rings is 1. The molecule has 10 heteroatoms. The van der Waals surface area contributed by atoms with Gasteiger partial charge in [0, 0.05) is 21.5 Å². The summed E-state index contributed by atoms with van der Waals surface area (Å²) < 4.78 is 5.26. The number of nitrogens with one attached hydrogen (secondary N) is 2. The van der Waals surface area contributed by atoms with Crippen molar-refractivity contribution in [3.8, 4) is 17.0 Å². The van der Waals surface area contributed by atoms with Crippen molar-refractivity contribution in [1.29, 1.82) is 0 Å². The number of carbonyl (C=O) groups is 3. The van der Waals surface area contributed by atoms with E-state index in [1.165, 1.54) is 35.2 Å². The van der Waals surface area contributed by atoms with Gasteiger partial charge in [0.25, 0.3) is 5.91 Å². The zero-order chi connectivity index (χ0) is 26.4. The van der Waals surface area contributed by atoms with Crippen LogP contribution in [0.1, 0.15) is 27.6 Å². The molecular weight excluding hydrogens is 510 g/mol. The molecule has 4 aromatic rings. The number of aromatic nitrogens is 1. The molecule has 0 saturated heterocycles. The average molecular weight is 534 g/mol. The molecule has 3 N–H and O–H groups in total. The van der Waals surface area contributed by atoms with Gasteiger partial charge in [0.1, 0.15) is 5.75 Å². The third kappa shape index (κ3) is 6.54. The SMILES string of the molecule is COc1cccc(-c2csc(NC(=O)C(C)Sc3cccc(NC(=O)c4ccccc4C(=O)O)c3)n2)c1. The lowest BCUT2D eigenvalue weighted by Crippen LogP contribution is -2.22. The summed E-state index contributed by atoms with van der Waals surface area (Å²) in [7, 11) is 1.60. The minimum absolute atomic E-state index is 0.0672. The zero-order valence-corrected chi connectivity index (χ0v) is 21.6. The molecular formula is C27H23N3O5S2. The smallest absolute Gasteiger partial charge is 0.336 e. The maximum Gasteiger partial charge on any atom is 0.336 e. The number of carboxylic acid groups (broad SMARTS) is 1. The number of anilines is 2. The number of hydrogen-bond acceptors (Lipinski definition) is 7. The number of nitrogens with zero attached hydrogens (tertiary/aromatic N) is 1. The summed E-state index contributed by atoms with van der Waals surface area (Å²) >= 11 is 2.66. The molecule has 0 aliphatic carbocycles. The summed E-state index contributed by atoms with van der Waals surface area (Å²) in [6.07, 6.45) is 0. The Bertz CT molecular complexity index is 1450. The van der Waals surface area contributed by atoms with E-state index < -0.39 is 17.1 Å². The normalized spacial score (nSPS) is 11.4. The maximum atomic E-state index is 12.8. The fourth-order valence-electron chi connectivity index (χ4n) is 3.42. The quantitative estimate of drug-likeness (QED) is 0.230. The van der Waals surface area contributed by atoms with E-state index in [0.717, 1.165) is 21.9 Å². The van der Waals surface area contributed by atoms with Gasteiger partial charge in [0.05, 0.1) is 29.2 Å². The van der Waals surface area contributed by atoms with E-state index in [0.29, 0.717) is 10.8 Å². The van der Waals surface area contributed by atoms with Crippen molar-refractivity contribution < 1.29 is 24.2 Å². The number of ether oxygens (including phenoxy) is 1. The Morgan fingerprint density at radius 2 is 1.73 bits per heavy atom. The standard InChI is InChI=1S/C27H23N3O5S2/c1-16(24(31)30-27-29-23(15-36-27)17-7-5-9-19(13-17)35-2)37-20-10-6-8-18(14-20)28-25(32)21-11-3-4-12-22(21)26(33)34/h3-16H,1-2H3,(H,28,32)(H,33,34)(H,29,30,31). The highest BCUT2D eigenvalue weighted by Crippen LogP contribution is 2.30. The highest BCUT2D eigenvalue weighted by atomic mass is 32.2. The summed E-state index contributed by atoms with van der Waals surface area (Å²) in [4.78, 5) is 42.2. The van der Waals surface area contributed by atoms with E-state index >= 15 is 0 Å². The van der Waals surface area contributed by atoms with Crippen molar-refractivity contribution in [1.82, 2.24) is 4.98 Å². The first-order valence-corrected chi connectivity index (χ1v) is 12.9. The molecule has 37 heavy (non-hydrogen) atoms. The Kier molecular flexibility index (Phi) is 8.22. The van der Waals surface area contributed by atoms with Crippen molar-refractivity contribution in [2.45, 2.75) is 17.1 Å². The number of carbonyl (C=O) groups excluding carboxylic acids is 2. The van der Waals surface area contributed by atoms with Gasteiger partial charge in [0.2, 0.25) is 5.91 Å². The van der Waals surface area contributed by atoms with Crippen LogP contribution >= 0.6 is 23.1 Å². The molecule has 0 bridgehead atoms. The third-order valence-corrected chi connectivity index (χ3v) is 7.13. The summed E-state index contributed by atoms with van der Waals surface area (Å²) in [6, 6.07) is 20.6. The second-order valence-corrected chi connectivity index (χ2v) is 10.1. The van der Waals surface area contributed by atoms with Gasteiger partial charge in [-0.3, -0.25) is 9.59 Å². The van der Waals surface area contributed by atoms with Gasteiger partial charge in [0.15, 0.2) is 5.13 Å². The summed E-state index contributed by atoms with van der Waals surface area (Å²) in [5, 5.41) is 16.8. The molecule has 1 atom stereocenters. The largest absolute Gasteiger partial charge is 0.497 e. The van der Waals surface area contributed by atoms with Crippen LogP contribution < -0.4 is 15.4 Å². The number of thioether (sulfide) groups is 1. The van der Waals surface area contributed by atoms with E-state index in [1.54, 1.807) is 44.4 Å². The van der Waals surface area contributed by atoms with E-state index in [4.69, 9.17) is 4.74 Å². The molecule has 1 unspecified atom stereocenters. The predicted octanol–water partition coefficient (Wildman–Crippen LogP) is 5.89. The molecule has 188 valence electrons. The highest BCUT2D eigenvalue weighted by molar-refractivity contribution is 8.00. The minimum atomic E-state index is -1.18. The summed E-state index contributed by atoms with van der Waals surface area (Å²) in [5.74, 6) is -1.18. The Morgan fingerprint density at radius 1 is 0.973 bits per heavy atom. The van der Waals surface area contributed by atoms with Gasteiger partial charge in [-0.15, -0.1) is 23.1 Å². The van der Waals surface area contributed by atoms with E-state index in [2.05, 4.69) is 15.6 Å². The van der Waals surface area contributed by atoms with Gasteiger partial charge >= 0.3 is 5.97 Å². The fourth-order valence-corrected chi connectivity index (χ4v) is 5.07. The number of hydrogen-bond donors (Lipinski definition) is 3. The molecule has 0 radical (unpaired) electrons. The number of rotatable bonds is 9. The Labute approximate surface area is 221 Å². The van der Waals surface area contributed by atoms with Crippen molar-refractivity contribution in [3.63, 3.8) is 0 Å². The van der Waals surface area contributed by atoms with Crippen LogP contribution in [0.15, 0.2) is 83.1 Å². The van der Waals surface area contributed by atoms with Crippen molar-refractivity contribution in [3.05, 3.63) is 89.3 Å². The van der Waals surface area contributed by atoms with Crippen molar-refractivity contribution in [2.75, 3.05) is 17.7 Å². The second-order valence-electron chi connectivity index (χ2n) is 7.85. The van der Waals surface area contributed by atoms with Crippen LogP contribution in [-0.4, -0.2) is 40.2 Å². The van der Waals surface area contributed by atoms with E-state index in [1.807, 2.05) is 35.7 Å². The van der Waals surface area contributed by atoms with Crippen LogP contribution in [0.4, 0.5) is 10.8 Å². The molecule has 4 rings (SSSR count). The Morgan fingerprint density at radius 3 is 2.49 bits per heavy atom. The lowest BCUT2D eigenvalue weighted by atomic mass is 10.1. The number of carboxylic acids is 1. The van der Waals surface area contributed by atoms with E-state index in [-0.39, 0.29) is 17.0 Å². The molecule has 1 aromatic heterocycles. The molecule has 8 nitrogen and oxygen atoms in total. The van der Waals surface area contributed by atoms with Gasteiger partial charge in [-0.25, -0.2) is 9.78 Å². The number of methoxy groups -OCH3 is 1. The third-order valence-electron chi connectivity index (χ3n) is 5.28. The highest BCUT2D eigenvalue weighted by Gasteiger charge is 2.18. The number of aromatic carboxylic acids is 1. The van der Waals surface area contributed by atoms with Crippen LogP contribution in [0.2, 0.25) is 0 Å². The molecule has 0 saturated carbocycles. The Balaban J connectivity index is 1.38. The van der Waals surface area contributed by atoms with E-state index in [9.17, 15) is 19.5 Å². The second kappa shape index (κ2) is 11.7. The first-order chi connectivity index (χ1) is 17.8. The van der Waals surface area contributed by atoms with Crippen LogP contribution in [0, 0.1) is 0 Å².